The van der Waals surface area contributed by atoms with Crippen LogP contribution >= 0.6 is 0 Å². The van der Waals surface area contributed by atoms with E-state index in [9.17, 15) is 4.79 Å². The Hall–Kier alpha value is -1.54. The number of hydrogen-bond acceptors (Lipinski definition) is 5. The minimum absolute atomic E-state index is 0.0156. The number of hydrogen-bond donors (Lipinski definition) is 2. The Kier molecular flexibility index (Phi) is 6.43. The summed E-state index contributed by atoms with van der Waals surface area (Å²) in [6.45, 7) is 11.0. The van der Waals surface area contributed by atoms with E-state index in [1.54, 1.807) is 0 Å². The molecule has 124 valence electrons. The molecule has 0 bridgehead atoms. The third kappa shape index (κ3) is 6.07. The van der Waals surface area contributed by atoms with Crippen molar-refractivity contribution >= 4 is 5.97 Å². The van der Waals surface area contributed by atoms with Crippen molar-refractivity contribution in [2.75, 3.05) is 6.61 Å². The van der Waals surface area contributed by atoms with Gasteiger partial charge in [-0.2, -0.15) is 5.26 Å². The predicted octanol–water partition coefficient (Wildman–Crippen LogP) is 2.64. The van der Waals surface area contributed by atoms with E-state index >= 15 is 0 Å². The molecule has 5 heteroatoms. The summed E-state index contributed by atoms with van der Waals surface area (Å²) in [5, 5.41) is 15.9. The number of carbonyl (C=O) groups excluding carboxylic acids is 1. The highest BCUT2D eigenvalue weighted by molar-refractivity contribution is 5.92. The second kappa shape index (κ2) is 7.64. The third-order valence-electron chi connectivity index (χ3n) is 3.72. The van der Waals surface area contributed by atoms with Gasteiger partial charge in [-0.05, 0) is 47.0 Å². The molecular formula is C17H29N3O2. The molecule has 0 atom stereocenters. The van der Waals surface area contributed by atoms with Crippen molar-refractivity contribution in [2.45, 2.75) is 77.4 Å². The summed E-state index contributed by atoms with van der Waals surface area (Å²) in [6.07, 6.45) is 5.13. The second-order valence-corrected chi connectivity index (χ2v) is 7.32. The minimum Gasteiger partial charge on any atom is -0.462 e. The van der Waals surface area contributed by atoms with E-state index in [1.807, 2.05) is 13.0 Å². The number of unbranched alkanes of at least 4 members (excludes halogenated alkanes) is 1. The Balaban J connectivity index is 2.64. The first-order valence-electron chi connectivity index (χ1n) is 8.02. The van der Waals surface area contributed by atoms with Crippen molar-refractivity contribution in [3.8, 4) is 6.07 Å². The number of esters is 1. The van der Waals surface area contributed by atoms with Gasteiger partial charge in [0.2, 0.25) is 0 Å². The quantitative estimate of drug-likeness (QED) is 0.341. The Morgan fingerprint density at radius 2 is 1.95 bits per heavy atom. The first-order valence-corrected chi connectivity index (χ1v) is 8.02. The van der Waals surface area contributed by atoms with Gasteiger partial charge in [-0.15, -0.1) is 0 Å². The molecule has 0 aromatic carbocycles. The molecule has 0 aromatic rings. The van der Waals surface area contributed by atoms with Gasteiger partial charge in [-0.1, -0.05) is 13.3 Å². The lowest BCUT2D eigenvalue weighted by atomic mass is 9.80. The van der Waals surface area contributed by atoms with Crippen LogP contribution in [0.15, 0.2) is 11.8 Å². The molecule has 0 radical (unpaired) electrons. The standard InChI is InChI=1S/C17H29N3O2/c1-6-7-8-22-15(21)13(11-18)12-19-14-9-16(2,3)20-17(4,5)10-14/h12,14,19-20H,6-10H2,1-5H3. The van der Waals surface area contributed by atoms with Crippen LogP contribution < -0.4 is 10.6 Å². The molecule has 1 saturated heterocycles. The van der Waals surface area contributed by atoms with E-state index < -0.39 is 5.97 Å². The fourth-order valence-electron chi connectivity index (χ4n) is 3.17. The second-order valence-electron chi connectivity index (χ2n) is 7.32. The first-order chi connectivity index (χ1) is 10.2. The van der Waals surface area contributed by atoms with E-state index in [1.165, 1.54) is 6.20 Å². The molecule has 1 aliphatic heterocycles. The summed E-state index contributed by atoms with van der Waals surface area (Å²) in [4.78, 5) is 11.8. The number of nitriles is 1. The monoisotopic (exact) mass is 307 g/mol. The predicted molar refractivity (Wildman–Crippen MR) is 87.0 cm³/mol. The van der Waals surface area contributed by atoms with Crippen LogP contribution in [-0.4, -0.2) is 29.7 Å². The highest BCUT2D eigenvalue weighted by Gasteiger charge is 2.37. The van der Waals surface area contributed by atoms with Gasteiger partial charge < -0.3 is 15.4 Å². The van der Waals surface area contributed by atoms with Gasteiger partial charge in [0, 0.05) is 23.3 Å². The van der Waals surface area contributed by atoms with Crippen LogP contribution in [0.1, 0.15) is 60.3 Å². The van der Waals surface area contributed by atoms with Crippen LogP contribution in [0.2, 0.25) is 0 Å². The molecule has 0 aromatic heterocycles. The maximum Gasteiger partial charge on any atom is 0.350 e. The summed E-state index contributed by atoms with van der Waals surface area (Å²) >= 11 is 0. The Morgan fingerprint density at radius 3 is 2.45 bits per heavy atom. The molecule has 22 heavy (non-hydrogen) atoms. The van der Waals surface area contributed by atoms with E-state index in [0.717, 1.165) is 25.7 Å². The molecule has 1 aliphatic rings. The molecule has 5 nitrogen and oxygen atoms in total. The normalized spacial score (nSPS) is 21.0. The zero-order valence-electron chi connectivity index (χ0n) is 14.5. The van der Waals surface area contributed by atoms with E-state index in [4.69, 9.17) is 10.00 Å². The fraction of sp³-hybridized carbons (Fsp3) is 0.765. The lowest BCUT2D eigenvalue weighted by Gasteiger charge is -2.46. The fourth-order valence-corrected chi connectivity index (χ4v) is 3.17. The summed E-state index contributed by atoms with van der Waals surface area (Å²) in [7, 11) is 0. The minimum atomic E-state index is -0.545. The SMILES string of the molecule is CCCCOC(=O)C(C#N)=CNC1CC(C)(C)NC(C)(C)C1. The van der Waals surface area contributed by atoms with Gasteiger partial charge in [-0.3, -0.25) is 0 Å². The van der Waals surface area contributed by atoms with Crippen molar-refractivity contribution < 1.29 is 9.53 Å². The number of nitrogens with one attached hydrogen (secondary N) is 2. The lowest BCUT2D eigenvalue weighted by molar-refractivity contribution is -0.138. The highest BCUT2D eigenvalue weighted by atomic mass is 16.5. The zero-order valence-corrected chi connectivity index (χ0v) is 14.5. The van der Waals surface area contributed by atoms with Gasteiger partial charge in [-0.25, -0.2) is 4.79 Å². The van der Waals surface area contributed by atoms with Crippen molar-refractivity contribution in [3.63, 3.8) is 0 Å². The maximum absolute atomic E-state index is 11.8. The molecule has 1 rings (SSSR count). The van der Waals surface area contributed by atoms with Gasteiger partial charge in [0.15, 0.2) is 5.57 Å². The summed E-state index contributed by atoms with van der Waals surface area (Å²) in [5.74, 6) is -0.545. The first kappa shape index (κ1) is 18.5. The average molecular weight is 307 g/mol. The van der Waals surface area contributed by atoms with E-state index in [0.29, 0.717) is 6.61 Å². The molecule has 0 saturated carbocycles. The van der Waals surface area contributed by atoms with Crippen LogP contribution in [0.3, 0.4) is 0 Å². The van der Waals surface area contributed by atoms with Crippen molar-refractivity contribution in [1.29, 1.82) is 5.26 Å². The number of ether oxygens (including phenoxy) is 1. The smallest absolute Gasteiger partial charge is 0.350 e. The van der Waals surface area contributed by atoms with Crippen LogP contribution in [0.25, 0.3) is 0 Å². The van der Waals surface area contributed by atoms with Gasteiger partial charge in [0.05, 0.1) is 6.61 Å². The zero-order chi connectivity index (χ0) is 16.8. The van der Waals surface area contributed by atoms with E-state index in [-0.39, 0.29) is 22.7 Å². The molecule has 0 spiro atoms. The Labute approximate surface area is 134 Å². The van der Waals surface area contributed by atoms with Crippen molar-refractivity contribution in [3.05, 3.63) is 11.8 Å². The van der Waals surface area contributed by atoms with Gasteiger partial charge in [0.25, 0.3) is 0 Å². The van der Waals surface area contributed by atoms with Crippen LogP contribution in [0.4, 0.5) is 0 Å². The van der Waals surface area contributed by atoms with Gasteiger partial charge >= 0.3 is 5.97 Å². The van der Waals surface area contributed by atoms with Crippen molar-refractivity contribution in [1.82, 2.24) is 10.6 Å². The highest BCUT2D eigenvalue weighted by Crippen LogP contribution is 2.28. The van der Waals surface area contributed by atoms with Crippen LogP contribution in [-0.2, 0) is 9.53 Å². The molecule has 0 amide bonds. The largest absolute Gasteiger partial charge is 0.462 e. The maximum atomic E-state index is 11.8. The van der Waals surface area contributed by atoms with Gasteiger partial charge in [0.1, 0.15) is 6.07 Å². The Bertz CT molecular complexity index is 445. The number of rotatable bonds is 6. The lowest BCUT2D eigenvalue weighted by Crippen LogP contribution is -2.61. The number of nitrogens with zero attached hydrogens (tertiary/aromatic N) is 1. The summed E-state index contributed by atoms with van der Waals surface area (Å²) in [5.41, 5.74) is 0.0638. The average Bonchev–Trinajstić information content (AvgIpc) is 2.36. The third-order valence-corrected chi connectivity index (χ3v) is 3.72. The van der Waals surface area contributed by atoms with Crippen molar-refractivity contribution in [2.24, 2.45) is 0 Å². The Morgan fingerprint density at radius 1 is 1.36 bits per heavy atom. The summed E-state index contributed by atoms with van der Waals surface area (Å²) in [6, 6.07) is 2.14. The number of piperidine rings is 1. The summed E-state index contributed by atoms with van der Waals surface area (Å²) < 4.78 is 5.08. The number of carbonyl (C=O) groups is 1. The molecule has 1 heterocycles. The molecule has 0 unspecified atom stereocenters. The van der Waals surface area contributed by atoms with E-state index in [2.05, 4.69) is 38.3 Å². The van der Waals surface area contributed by atoms with Crippen LogP contribution in [0.5, 0.6) is 0 Å². The molecule has 0 aliphatic carbocycles. The molecular weight excluding hydrogens is 278 g/mol. The topological polar surface area (TPSA) is 74.2 Å². The molecule has 1 fully saturated rings. The molecule has 2 N–H and O–H groups in total. The van der Waals surface area contributed by atoms with Crippen LogP contribution in [0, 0.1) is 11.3 Å².